The fourth-order valence-corrected chi connectivity index (χ4v) is 1.90. The van der Waals surface area contributed by atoms with Crippen LogP contribution in [0.1, 0.15) is 12.2 Å². The molecular weight excluding hydrogens is 150 g/mol. The summed E-state index contributed by atoms with van der Waals surface area (Å²) in [5.41, 5.74) is 2.26. The molecule has 0 radical (unpaired) electrons. The third-order valence-corrected chi connectivity index (χ3v) is 2.44. The van der Waals surface area contributed by atoms with Gasteiger partial charge in [0.2, 0.25) is 5.82 Å². The summed E-state index contributed by atoms with van der Waals surface area (Å²) in [5, 5.41) is 0. The van der Waals surface area contributed by atoms with Crippen LogP contribution in [0.2, 0.25) is 0 Å². The molecule has 0 saturated heterocycles. The molecule has 12 heavy (non-hydrogen) atoms. The van der Waals surface area contributed by atoms with Crippen LogP contribution in [-0.4, -0.2) is 9.97 Å². The Morgan fingerprint density at radius 2 is 2.50 bits per heavy atom. The molecule has 3 rings (SSSR count). The van der Waals surface area contributed by atoms with Crippen LogP contribution in [0.5, 0.6) is 0 Å². The Morgan fingerprint density at radius 3 is 3.50 bits per heavy atom. The third-order valence-electron chi connectivity index (χ3n) is 2.44. The van der Waals surface area contributed by atoms with Gasteiger partial charge in [0.1, 0.15) is 6.20 Å². The van der Waals surface area contributed by atoms with Crippen molar-refractivity contribution in [3.05, 3.63) is 24.2 Å². The van der Waals surface area contributed by atoms with Gasteiger partial charge in [-0.3, -0.25) is 4.98 Å². The molecule has 0 aromatic carbocycles. The topological polar surface area (TPSA) is 32.6 Å². The molecule has 0 amide bonds. The highest BCUT2D eigenvalue weighted by Gasteiger charge is 2.22. The van der Waals surface area contributed by atoms with E-state index in [-0.39, 0.29) is 0 Å². The number of H-pyrrole nitrogens is 1. The molecule has 0 unspecified atom stereocenters. The second kappa shape index (κ2) is 2.06. The molecule has 0 aliphatic carbocycles. The fourth-order valence-electron chi connectivity index (χ4n) is 1.90. The number of nitrogens with zero attached hydrogens (tertiary/aromatic N) is 2. The summed E-state index contributed by atoms with van der Waals surface area (Å²) in [4.78, 5) is 7.72. The number of fused-ring (bicyclic) bond motifs is 3. The van der Waals surface area contributed by atoms with Crippen molar-refractivity contribution in [1.29, 1.82) is 0 Å². The van der Waals surface area contributed by atoms with Crippen molar-refractivity contribution in [2.24, 2.45) is 0 Å². The summed E-state index contributed by atoms with van der Waals surface area (Å²) in [7, 11) is 0. The number of pyridine rings is 1. The van der Waals surface area contributed by atoms with E-state index in [1.807, 2.05) is 12.3 Å². The normalized spacial score (nSPS) is 15.3. The van der Waals surface area contributed by atoms with Gasteiger partial charge in [0.05, 0.1) is 6.54 Å². The average molecular weight is 160 g/mol. The standard InChI is InChI=1S/C9H9N3/c1-3-7-9(10-5-1)12-6-2-4-8(12)11-7/h1,3,5H,2,4,6H2/p+1. The van der Waals surface area contributed by atoms with Crippen molar-refractivity contribution in [3.8, 4) is 0 Å². The second-order valence-electron chi connectivity index (χ2n) is 3.20. The molecule has 3 heterocycles. The molecule has 0 saturated carbocycles. The van der Waals surface area contributed by atoms with Crippen molar-refractivity contribution in [2.45, 2.75) is 19.4 Å². The first-order chi connectivity index (χ1) is 5.95. The molecule has 2 aromatic heterocycles. The van der Waals surface area contributed by atoms with Crippen molar-refractivity contribution >= 4 is 11.2 Å². The Kier molecular flexibility index (Phi) is 1.06. The number of rotatable bonds is 0. The summed E-state index contributed by atoms with van der Waals surface area (Å²) in [6.07, 6.45) is 4.26. The van der Waals surface area contributed by atoms with Gasteiger partial charge in [0, 0.05) is 6.42 Å². The second-order valence-corrected chi connectivity index (χ2v) is 3.20. The highest BCUT2D eigenvalue weighted by Crippen LogP contribution is 2.11. The van der Waals surface area contributed by atoms with E-state index < -0.39 is 0 Å². The SMILES string of the molecule is c1cnc2c(c1)[nH]c1[n+]2CCC1. The lowest BCUT2D eigenvalue weighted by atomic mass is 10.3. The Labute approximate surface area is 70.1 Å². The number of hydrogen-bond donors (Lipinski definition) is 1. The largest absolute Gasteiger partial charge is 0.301 e. The fraction of sp³-hybridized carbons (Fsp3) is 0.333. The summed E-state index contributed by atoms with van der Waals surface area (Å²) in [6.45, 7) is 1.12. The maximum Gasteiger partial charge on any atom is 0.301 e. The molecular formula is C9H10N3+. The molecule has 3 nitrogen and oxygen atoms in total. The minimum absolute atomic E-state index is 1.10. The van der Waals surface area contributed by atoms with E-state index in [1.165, 1.54) is 12.2 Å². The summed E-state index contributed by atoms with van der Waals surface area (Å²) in [5.74, 6) is 1.32. The van der Waals surface area contributed by atoms with E-state index in [1.54, 1.807) is 0 Å². The predicted molar refractivity (Wildman–Crippen MR) is 44.6 cm³/mol. The number of nitrogens with one attached hydrogen (secondary N) is 1. The highest BCUT2D eigenvalue weighted by atomic mass is 15.1. The molecule has 0 bridgehead atoms. The van der Waals surface area contributed by atoms with Gasteiger partial charge in [-0.05, 0) is 18.6 Å². The summed E-state index contributed by atoms with van der Waals surface area (Å²) >= 11 is 0. The smallest absolute Gasteiger partial charge is 0.271 e. The van der Waals surface area contributed by atoms with Gasteiger partial charge in [-0.2, -0.15) is 0 Å². The van der Waals surface area contributed by atoms with E-state index in [0.717, 1.165) is 24.1 Å². The maximum atomic E-state index is 4.34. The molecule has 0 spiro atoms. The first-order valence-electron chi connectivity index (χ1n) is 4.30. The summed E-state index contributed by atoms with van der Waals surface area (Å²) in [6, 6.07) is 4.04. The van der Waals surface area contributed by atoms with Gasteiger partial charge in [-0.25, -0.2) is 4.57 Å². The van der Waals surface area contributed by atoms with Gasteiger partial charge in [0.25, 0.3) is 0 Å². The van der Waals surface area contributed by atoms with Crippen molar-refractivity contribution in [1.82, 2.24) is 9.97 Å². The van der Waals surface area contributed by atoms with E-state index in [2.05, 4.69) is 20.6 Å². The van der Waals surface area contributed by atoms with Crippen LogP contribution in [0, 0.1) is 0 Å². The van der Waals surface area contributed by atoms with Crippen LogP contribution in [0.4, 0.5) is 0 Å². The van der Waals surface area contributed by atoms with Crippen LogP contribution in [0.3, 0.4) is 0 Å². The molecule has 60 valence electrons. The molecule has 2 aromatic rings. The molecule has 3 heteroatoms. The first kappa shape index (κ1) is 6.17. The van der Waals surface area contributed by atoms with E-state index in [4.69, 9.17) is 0 Å². The molecule has 0 fully saturated rings. The zero-order chi connectivity index (χ0) is 7.97. The monoisotopic (exact) mass is 160 g/mol. The van der Waals surface area contributed by atoms with Crippen molar-refractivity contribution in [3.63, 3.8) is 0 Å². The predicted octanol–water partition coefficient (Wildman–Crippen LogP) is 0.797. The number of aromatic nitrogens is 3. The minimum Gasteiger partial charge on any atom is -0.271 e. The van der Waals surface area contributed by atoms with Crippen LogP contribution in [-0.2, 0) is 13.0 Å². The Bertz CT molecular complexity index is 430. The summed E-state index contributed by atoms with van der Waals surface area (Å²) < 4.78 is 2.27. The lowest BCUT2D eigenvalue weighted by Gasteiger charge is -1.86. The molecule has 0 atom stereocenters. The minimum atomic E-state index is 1.10. The highest BCUT2D eigenvalue weighted by molar-refractivity contribution is 5.66. The number of aryl methyl sites for hydroxylation is 2. The Balaban J connectivity index is 2.44. The van der Waals surface area contributed by atoms with Crippen LogP contribution in [0.25, 0.3) is 11.2 Å². The van der Waals surface area contributed by atoms with Crippen LogP contribution < -0.4 is 4.57 Å². The zero-order valence-corrected chi connectivity index (χ0v) is 6.75. The first-order valence-corrected chi connectivity index (χ1v) is 4.30. The van der Waals surface area contributed by atoms with E-state index >= 15 is 0 Å². The third kappa shape index (κ3) is 0.656. The van der Waals surface area contributed by atoms with Crippen LogP contribution in [0.15, 0.2) is 18.3 Å². The molecule has 1 aliphatic heterocycles. The van der Waals surface area contributed by atoms with Gasteiger partial charge in [-0.1, -0.05) is 0 Å². The average Bonchev–Trinajstić information content (AvgIpc) is 2.62. The quantitative estimate of drug-likeness (QED) is 0.568. The Morgan fingerprint density at radius 1 is 1.50 bits per heavy atom. The molecule has 1 aliphatic rings. The zero-order valence-electron chi connectivity index (χ0n) is 6.75. The van der Waals surface area contributed by atoms with E-state index in [0.29, 0.717) is 0 Å². The molecule has 1 N–H and O–H groups in total. The Hall–Kier alpha value is -1.38. The lowest BCUT2D eigenvalue weighted by molar-refractivity contribution is -0.666. The number of imidazole rings is 1. The maximum absolute atomic E-state index is 4.34. The lowest BCUT2D eigenvalue weighted by Crippen LogP contribution is -2.31. The van der Waals surface area contributed by atoms with Crippen LogP contribution >= 0.6 is 0 Å². The van der Waals surface area contributed by atoms with Gasteiger partial charge in [0.15, 0.2) is 5.52 Å². The van der Waals surface area contributed by atoms with E-state index in [9.17, 15) is 0 Å². The number of aromatic amines is 1. The van der Waals surface area contributed by atoms with Crippen molar-refractivity contribution < 1.29 is 4.57 Å². The van der Waals surface area contributed by atoms with Gasteiger partial charge >= 0.3 is 5.65 Å². The van der Waals surface area contributed by atoms with Gasteiger partial charge in [-0.15, -0.1) is 4.98 Å². The number of hydrogen-bond acceptors (Lipinski definition) is 1. The van der Waals surface area contributed by atoms with Crippen molar-refractivity contribution in [2.75, 3.05) is 0 Å². The van der Waals surface area contributed by atoms with Gasteiger partial charge < -0.3 is 0 Å².